The fourth-order valence-corrected chi connectivity index (χ4v) is 4.08. The van der Waals surface area contributed by atoms with Crippen LogP contribution in [-0.4, -0.2) is 50.2 Å². The first-order valence-electron chi connectivity index (χ1n) is 9.70. The second kappa shape index (κ2) is 10.3. The average molecular weight is 325 g/mol. The molecular formula is C19H36N2O2. The van der Waals surface area contributed by atoms with E-state index in [0.29, 0.717) is 6.04 Å². The van der Waals surface area contributed by atoms with Crippen LogP contribution in [0.3, 0.4) is 0 Å². The molecule has 1 aliphatic carbocycles. The predicted molar refractivity (Wildman–Crippen MR) is 94.5 cm³/mol. The Balaban J connectivity index is 1.58. The lowest BCUT2D eigenvalue weighted by Gasteiger charge is -2.33. The summed E-state index contributed by atoms with van der Waals surface area (Å²) in [6.45, 7) is 6.38. The van der Waals surface area contributed by atoms with E-state index in [-0.39, 0.29) is 11.8 Å². The Hall–Kier alpha value is -0.610. The van der Waals surface area contributed by atoms with Crippen LogP contribution >= 0.6 is 0 Å². The molecule has 0 spiro atoms. The van der Waals surface area contributed by atoms with Crippen molar-refractivity contribution >= 4 is 5.91 Å². The lowest BCUT2D eigenvalue weighted by molar-refractivity contribution is -0.126. The van der Waals surface area contributed by atoms with Gasteiger partial charge in [-0.2, -0.15) is 0 Å². The molecule has 1 saturated carbocycles. The summed E-state index contributed by atoms with van der Waals surface area (Å²) in [5.41, 5.74) is 0. The van der Waals surface area contributed by atoms with Crippen LogP contribution in [0.4, 0.5) is 0 Å². The van der Waals surface area contributed by atoms with Gasteiger partial charge in [0.25, 0.3) is 0 Å². The molecule has 1 heterocycles. The Morgan fingerprint density at radius 1 is 1.17 bits per heavy atom. The maximum Gasteiger partial charge on any atom is 0.223 e. The molecule has 4 heteroatoms. The predicted octanol–water partition coefficient (Wildman–Crippen LogP) is 3.21. The van der Waals surface area contributed by atoms with E-state index in [9.17, 15) is 4.79 Å². The Bertz CT molecular complexity index is 334. The van der Waals surface area contributed by atoms with Gasteiger partial charge < -0.3 is 15.0 Å². The first kappa shape index (κ1) is 18.7. The van der Waals surface area contributed by atoms with Crippen molar-refractivity contribution in [2.24, 2.45) is 11.8 Å². The molecule has 2 aliphatic rings. The number of ether oxygens (including phenoxy) is 1. The third kappa shape index (κ3) is 6.80. The molecule has 0 bridgehead atoms. The highest BCUT2D eigenvalue weighted by atomic mass is 16.5. The molecule has 4 nitrogen and oxygen atoms in total. The van der Waals surface area contributed by atoms with Crippen LogP contribution in [0.5, 0.6) is 0 Å². The van der Waals surface area contributed by atoms with Gasteiger partial charge in [-0.15, -0.1) is 0 Å². The normalized spacial score (nSPS) is 22.3. The molecule has 0 aromatic heterocycles. The van der Waals surface area contributed by atoms with Gasteiger partial charge in [0.1, 0.15) is 0 Å². The van der Waals surface area contributed by atoms with Crippen molar-refractivity contribution in [1.82, 2.24) is 10.2 Å². The van der Waals surface area contributed by atoms with Crippen molar-refractivity contribution in [3.8, 4) is 0 Å². The molecule has 1 saturated heterocycles. The van der Waals surface area contributed by atoms with Crippen LogP contribution in [0, 0.1) is 11.8 Å². The van der Waals surface area contributed by atoms with Gasteiger partial charge in [0, 0.05) is 38.8 Å². The zero-order chi connectivity index (χ0) is 16.5. The molecule has 1 aliphatic heterocycles. The van der Waals surface area contributed by atoms with Gasteiger partial charge in [-0.1, -0.05) is 32.6 Å². The van der Waals surface area contributed by atoms with Crippen molar-refractivity contribution in [3.63, 3.8) is 0 Å². The molecule has 0 aromatic rings. The summed E-state index contributed by atoms with van der Waals surface area (Å²) in [7, 11) is 1.77. The number of piperidine rings is 1. The number of hydrogen-bond donors (Lipinski definition) is 1. The topological polar surface area (TPSA) is 41.6 Å². The SMILES string of the molecule is COCCCCN1CCC(NC(=O)[C@@H](C)CC2CCCC2)CC1. The molecule has 0 aromatic carbocycles. The second-order valence-electron chi connectivity index (χ2n) is 7.61. The summed E-state index contributed by atoms with van der Waals surface area (Å²) < 4.78 is 5.10. The fourth-order valence-electron chi connectivity index (χ4n) is 4.08. The van der Waals surface area contributed by atoms with E-state index in [4.69, 9.17) is 4.74 Å². The third-order valence-electron chi connectivity index (χ3n) is 5.62. The number of amides is 1. The van der Waals surface area contributed by atoms with Crippen molar-refractivity contribution in [2.75, 3.05) is 33.4 Å². The highest BCUT2D eigenvalue weighted by molar-refractivity contribution is 5.78. The molecule has 23 heavy (non-hydrogen) atoms. The zero-order valence-corrected chi connectivity index (χ0v) is 15.2. The third-order valence-corrected chi connectivity index (χ3v) is 5.62. The first-order valence-corrected chi connectivity index (χ1v) is 9.70. The van der Waals surface area contributed by atoms with Crippen molar-refractivity contribution in [1.29, 1.82) is 0 Å². The van der Waals surface area contributed by atoms with Gasteiger partial charge in [-0.25, -0.2) is 0 Å². The molecule has 0 radical (unpaired) electrons. The van der Waals surface area contributed by atoms with E-state index in [0.717, 1.165) is 51.3 Å². The lowest BCUT2D eigenvalue weighted by atomic mass is 9.93. The number of nitrogens with one attached hydrogen (secondary N) is 1. The highest BCUT2D eigenvalue weighted by Crippen LogP contribution is 2.30. The molecular weight excluding hydrogens is 288 g/mol. The second-order valence-corrected chi connectivity index (χ2v) is 7.61. The molecule has 134 valence electrons. The van der Waals surface area contributed by atoms with Gasteiger partial charge in [-0.05, 0) is 44.6 Å². The molecule has 1 amide bonds. The summed E-state index contributed by atoms with van der Waals surface area (Å²) in [4.78, 5) is 14.9. The standard InChI is InChI=1S/C19H36N2O2/c1-16(15-17-7-3-4-8-17)19(22)20-18-9-12-21(13-10-18)11-5-6-14-23-2/h16-18H,3-15H2,1-2H3,(H,20,22)/t16-/m0/s1. The summed E-state index contributed by atoms with van der Waals surface area (Å²) in [6, 6.07) is 0.392. The number of carbonyl (C=O) groups excluding carboxylic acids is 1. The molecule has 1 atom stereocenters. The monoisotopic (exact) mass is 324 g/mol. The lowest BCUT2D eigenvalue weighted by Crippen LogP contribution is -2.46. The van der Waals surface area contributed by atoms with Crippen LogP contribution in [0.25, 0.3) is 0 Å². The quantitative estimate of drug-likeness (QED) is 0.662. The maximum atomic E-state index is 12.4. The van der Waals surface area contributed by atoms with E-state index in [1.165, 1.54) is 38.6 Å². The Morgan fingerprint density at radius 3 is 2.52 bits per heavy atom. The van der Waals surface area contributed by atoms with Crippen molar-refractivity contribution < 1.29 is 9.53 Å². The number of unbranched alkanes of at least 4 members (excludes halogenated alkanes) is 1. The van der Waals surface area contributed by atoms with Crippen LogP contribution in [0.15, 0.2) is 0 Å². The van der Waals surface area contributed by atoms with Crippen LogP contribution in [0.1, 0.15) is 64.7 Å². The number of methoxy groups -OCH3 is 1. The van der Waals surface area contributed by atoms with Gasteiger partial charge in [0.2, 0.25) is 5.91 Å². The van der Waals surface area contributed by atoms with E-state index in [1.54, 1.807) is 7.11 Å². The first-order chi connectivity index (χ1) is 11.2. The Kier molecular flexibility index (Phi) is 8.38. The van der Waals surface area contributed by atoms with Crippen molar-refractivity contribution in [3.05, 3.63) is 0 Å². The number of rotatable bonds is 9. The van der Waals surface area contributed by atoms with Crippen LogP contribution in [-0.2, 0) is 9.53 Å². The number of hydrogen-bond acceptors (Lipinski definition) is 3. The summed E-state index contributed by atoms with van der Waals surface area (Å²) in [5.74, 6) is 1.27. The molecule has 0 unspecified atom stereocenters. The van der Waals surface area contributed by atoms with E-state index in [1.807, 2.05) is 0 Å². The smallest absolute Gasteiger partial charge is 0.223 e. The largest absolute Gasteiger partial charge is 0.385 e. The number of likely N-dealkylation sites (tertiary alicyclic amines) is 1. The number of nitrogens with zero attached hydrogens (tertiary/aromatic N) is 1. The minimum absolute atomic E-state index is 0.185. The van der Waals surface area contributed by atoms with E-state index in [2.05, 4.69) is 17.1 Å². The van der Waals surface area contributed by atoms with Crippen molar-refractivity contribution in [2.45, 2.75) is 70.8 Å². The summed E-state index contributed by atoms with van der Waals surface area (Å²) in [5, 5.41) is 3.30. The van der Waals surface area contributed by atoms with Gasteiger partial charge >= 0.3 is 0 Å². The Labute approximate surface area is 142 Å². The minimum Gasteiger partial charge on any atom is -0.385 e. The summed E-state index contributed by atoms with van der Waals surface area (Å²) in [6.07, 6.45) is 11.0. The fraction of sp³-hybridized carbons (Fsp3) is 0.947. The highest BCUT2D eigenvalue weighted by Gasteiger charge is 2.25. The van der Waals surface area contributed by atoms with Crippen LogP contribution < -0.4 is 5.32 Å². The van der Waals surface area contributed by atoms with E-state index < -0.39 is 0 Å². The zero-order valence-electron chi connectivity index (χ0n) is 15.2. The average Bonchev–Trinajstić information content (AvgIpc) is 3.06. The number of carbonyl (C=O) groups is 1. The minimum atomic E-state index is 0.185. The van der Waals surface area contributed by atoms with E-state index >= 15 is 0 Å². The summed E-state index contributed by atoms with van der Waals surface area (Å²) >= 11 is 0. The Morgan fingerprint density at radius 2 is 1.87 bits per heavy atom. The maximum absolute atomic E-state index is 12.4. The van der Waals surface area contributed by atoms with Gasteiger partial charge in [-0.3, -0.25) is 4.79 Å². The molecule has 1 N–H and O–H groups in total. The van der Waals surface area contributed by atoms with Gasteiger partial charge in [0.15, 0.2) is 0 Å². The van der Waals surface area contributed by atoms with Gasteiger partial charge in [0.05, 0.1) is 0 Å². The van der Waals surface area contributed by atoms with Crippen LogP contribution in [0.2, 0.25) is 0 Å². The molecule has 2 fully saturated rings. The molecule has 2 rings (SSSR count).